The first-order valence-corrected chi connectivity index (χ1v) is 6.53. The Balaban J connectivity index is 2.45. The Labute approximate surface area is 129 Å². The predicted octanol–water partition coefficient (Wildman–Crippen LogP) is 3.55. The molecule has 2 N–H and O–H groups in total. The van der Waals surface area contributed by atoms with Gasteiger partial charge in [0.1, 0.15) is 11.3 Å². The van der Waals surface area contributed by atoms with Crippen molar-refractivity contribution in [2.75, 3.05) is 5.32 Å². The third-order valence-corrected chi connectivity index (χ3v) is 3.30. The lowest BCUT2D eigenvalue weighted by Gasteiger charge is -2.11. The van der Waals surface area contributed by atoms with Gasteiger partial charge in [0, 0.05) is 5.02 Å². The third-order valence-electron chi connectivity index (χ3n) is 2.78. The summed E-state index contributed by atoms with van der Waals surface area (Å²) in [5.41, 5.74) is 0.399. The number of aryl methyl sites for hydroxylation is 2. The molecule has 0 saturated heterocycles. The fraction of sp³-hybridized carbons (Fsp3) is 0.154. The number of hydrogen-bond acceptors (Lipinski definition) is 4. The van der Waals surface area contributed by atoms with Crippen LogP contribution < -0.4 is 5.32 Å². The van der Waals surface area contributed by atoms with E-state index < -0.39 is 11.9 Å². The highest BCUT2D eigenvalue weighted by molar-refractivity contribution is 6.38. The second-order valence-electron chi connectivity index (χ2n) is 4.27. The summed E-state index contributed by atoms with van der Waals surface area (Å²) in [6.45, 7) is 3.18. The molecule has 0 saturated carbocycles. The number of halogens is 2. The molecule has 110 valence electrons. The minimum atomic E-state index is -1.26. The van der Waals surface area contributed by atoms with Gasteiger partial charge in [0.15, 0.2) is 0 Å². The van der Waals surface area contributed by atoms with Crippen molar-refractivity contribution < 1.29 is 19.2 Å². The van der Waals surface area contributed by atoms with E-state index in [4.69, 9.17) is 32.8 Å². The zero-order valence-corrected chi connectivity index (χ0v) is 12.5. The van der Waals surface area contributed by atoms with Gasteiger partial charge in [-0.05, 0) is 26.0 Å². The van der Waals surface area contributed by atoms with E-state index in [-0.39, 0.29) is 26.9 Å². The molecule has 2 rings (SSSR count). The zero-order chi connectivity index (χ0) is 15.7. The van der Waals surface area contributed by atoms with Gasteiger partial charge in [-0.3, -0.25) is 4.79 Å². The summed E-state index contributed by atoms with van der Waals surface area (Å²) in [4.78, 5) is 23.5. The van der Waals surface area contributed by atoms with Crippen molar-refractivity contribution in [2.45, 2.75) is 13.8 Å². The number of benzene rings is 1. The van der Waals surface area contributed by atoms with Gasteiger partial charge in [-0.1, -0.05) is 28.4 Å². The van der Waals surface area contributed by atoms with E-state index in [1.54, 1.807) is 13.8 Å². The molecule has 0 spiro atoms. The monoisotopic (exact) mass is 328 g/mol. The Hall–Kier alpha value is -2.05. The maximum absolute atomic E-state index is 12.2. The van der Waals surface area contributed by atoms with E-state index in [1.165, 1.54) is 12.1 Å². The number of amides is 1. The molecule has 0 bridgehead atoms. The standard InChI is InChI=1S/C13H10Cl2N2O4/c1-5-10(6(2)21-17-5)12(18)16-11-8(13(19)20)3-7(14)4-9(11)15/h3-4H,1-2H3,(H,16,18)(H,19,20). The van der Waals surface area contributed by atoms with Gasteiger partial charge in [-0.2, -0.15) is 0 Å². The average Bonchev–Trinajstić information content (AvgIpc) is 2.71. The Morgan fingerprint density at radius 2 is 1.95 bits per heavy atom. The molecule has 0 aliphatic heterocycles. The van der Waals surface area contributed by atoms with Gasteiger partial charge < -0.3 is 14.9 Å². The highest BCUT2D eigenvalue weighted by atomic mass is 35.5. The van der Waals surface area contributed by atoms with Crippen molar-refractivity contribution in [2.24, 2.45) is 0 Å². The Bertz CT molecular complexity index is 721. The van der Waals surface area contributed by atoms with Gasteiger partial charge in [0.2, 0.25) is 0 Å². The van der Waals surface area contributed by atoms with Crippen molar-refractivity contribution in [1.82, 2.24) is 5.16 Å². The number of nitrogens with one attached hydrogen (secondary N) is 1. The first-order valence-electron chi connectivity index (χ1n) is 5.77. The smallest absolute Gasteiger partial charge is 0.337 e. The van der Waals surface area contributed by atoms with E-state index in [2.05, 4.69) is 10.5 Å². The molecule has 8 heteroatoms. The van der Waals surface area contributed by atoms with Gasteiger partial charge in [0.05, 0.1) is 22.0 Å². The molecule has 21 heavy (non-hydrogen) atoms. The Kier molecular flexibility index (Phi) is 4.20. The number of hydrogen-bond donors (Lipinski definition) is 2. The Morgan fingerprint density at radius 1 is 1.29 bits per heavy atom. The number of anilines is 1. The molecule has 0 radical (unpaired) electrons. The lowest BCUT2D eigenvalue weighted by atomic mass is 10.1. The SMILES string of the molecule is Cc1noc(C)c1C(=O)Nc1c(Cl)cc(Cl)cc1C(=O)O. The van der Waals surface area contributed by atoms with Crippen molar-refractivity contribution >= 4 is 40.8 Å². The van der Waals surface area contributed by atoms with E-state index >= 15 is 0 Å². The molecule has 1 aromatic heterocycles. The molecule has 0 fully saturated rings. The second-order valence-corrected chi connectivity index (χ2v) is 5.11. The van der Waals surface area contributed by atoms with Crippen LogP contribution in [0.25, 0.3) is 0 Å². The summed E-state index contributed by atoms with van der Waals surface area (Å²) in [6.07, 6.45) is 0. The van der Waals surface area contributed by atoms with E-state index in [0.29, 0.717) is 11.5 Å². The van der Waals surface area contributed by atoms with Crippen LogP contribution in [0, 0.1) is 13.8 Å². The summed E-state index contributed by atoms with van der Waals surface area (Å²) < 4.78 is 4.90. The van der Waals surface area contributed by atoms with Crippen LogP contribution in [0.1, 0.15) is 32.2 Å². The number of carbonyl (C=O) groups excluding carboxylic acids is 1. The van der Waals surface area contributed by atoms with E-state index in [0.717, 1.165) is 0 Å². The van der Waals surface area contributed by atoms with Crippen molar-refractivity contribution in [3.8, 4) is 0 Å². The predicted molar refractivity (Wildman–Crippen MR) is 77.4 cm³/mol. The zero-order valence-electron chi connectivity index (χ0n) is 11.0. The van der Waals surface area contributed by atoms with Crippen LogP contribution in [-0.2, 0) is 0 Å². The first kappa shape index (κ1) is 15.3. The van der Waals surface area contributed by atoms with Crippen LogP contribution in [-0.4, -0.2) is 22.1 Å². The number of aromatic carboxylic acids is 1. The normalized spacial score (nSPS) is 10.5. The van der Waals surface area contributed by atoms with Crippen molar-refractivity contribution in [3.63, 3.8) is 0 Å². The molecule has 0 unspecified atom stereocenters. The molecule has 2 aromatic rings. The van der Waals surface area contributed by atoms with E-state index in [9.17, 15) is 9.59 Å². The minimum absolute atomic E-state index is 0.0278. The van der Waals surface area contributed by atoms with Gasteiger partial charge in [-0.25, -0.2) is 4.79 Å². The van der Waals surface area contributed by atoms with Gasteiger partial charge in [0.25, 0.3) is 5.91 Å². The number of carbonyl (C=O) groups is 2. The third kappa shape index (κ3) is 3.01. The molecular weight excluding hydrogens is 319 g/mol. The topological polar surface area (TPSA) is 92.4 Å². The summed E-state index contributed by atoms with van der Waals surface area (Å²) in [7, 11) is 0. The number of aromatic nitrogens is 1. The molecule has 6 nitrogen and oxygen atoms in total. The lowest BCUT2D eigenvalue weighted by Crippen LogP contribution is -2.16. The summed E-state index contributed by atoms with van der Waals surface area (Å²) in [6, 6.07) is 2.55. The highest BCUT2D eigenvalue weighted by Crippen LogP contribution is 2.31. The summed E-state index contributed by atoms with van der Waals surface area (Å²) in [5.74, 6) is -1.49. The number of carboxylic acids is 1. The number of rotatable bonds is 3. The minimum Gasteiger partial charge on any atom is -0.478 e. The fourth-order valence-electron chi connectivity index (χ4n) is 1.85. The molecule has 0 aliphatic rings. The molecule has 1 amide bonds. The largest absolute Gasteiger partial charge is 0.478 e. The number of nitrogens with zero attached hydrogens (tertiary/aromatic N) is 1. The average molecular weight is 329 g/mol. The van der Waals surface area contributed by atoms with Gasteiger partial charge >= 0.3 is 5.97 Å². The summed E-state index contributed by atoms with van der Waals surface area (Å²) >= 11 is 11.7. The quantitative estimate of drug-likeness (QED) is 0.898. The van der Waals surface area contributed by atoms with Crippen molar-refractivity contribution in [1.29, 1.82) is 0 Å². The van der Waals surface area contributed by atoms with Crippen molar-refractivity contribution in [3.05, 3.63) is 44.8 Å². The van der Waals surface area contributed by atoms with Crippen LogP contribution in [0.4, 0.5) is 5.69 Å². The van der Waals surface area contributed by atoms with Crippen LogP contribution >= 0.6 is 23.2 Å². The first-order chi connectivity index (χ1) is 9.81. The maximum atomic E-state index is 12.2. The summed E-state index contributed by atoms with van der Waals surface area (Å²) in [5, 5.41) is 15.5. The van der Waals surface area contributed by atoms with Crippen LogP contribution in [0.2, 0.25) is 10.0 Å². The van der Waals surface area contributed by atoms with Crippen LogP contribution in [0.15, 0.2) is 16.7 Å². The number of carboxylic acid groups (broad SMARTS) is 1. The van der Waals surface area contributed by atoms with Crippen LogP contribution in [0.3, 0.4) is 0 Å². The maximum Gasteiger partial charge on any atom is 0.337 e. The van der Waals surface area contributed by atoms with Crippen LogP contribution in [0.5, 0.6) is 0 Å². The van der Waals surface area contributed by atoms with Gasteiger partial charge in [-0.15, -0.1) is 0 Å². The molecule has 1 aromatic carbocycles. The fourth-order valence-corrected chi connectivity index (χ4v) is 2.39. The molecule has 1 heterocycles. The molecular formula is C13H10Cl2N2O4. The highest BCUT2D eigenvalue weighted by Gasteiger charge is 2.22. The second kappa shape index (κ2) is 5.75. The molecule has 0 atom stereocenters. The Morgan fingerprint density at radius 3 is 2.48 bits per heavy atom. The molecule has 0 aliphatic carbocycles. The lowest BCUT2D eigenvalue weighted by molar-refractivity contribution is 0.0698. The van der Waals surface area contributed by atoms with E-state index in [1.807, 2.05) is 0 Å².